The Morgan fingerprint density at radius 1 is 1.06 bits per heavy atom. The predicted octanol–water partition coefficient (Wildman–Crippen LogP) is 2.10. The maximum absolute atomic E-state index is 5.54. The zero-order valence-electron chi connectivity index (χ0n) is 10.9. The van der Waals surface area contributed by atoms with E-state index in [0.717, 1.165) is 24.6 Å². The molecule has 1 aliphatic carbocycles. The second-order valence-electron chi connectivity index (χ2n) is 5.76. The van der Waals surface area contributed by atoms with Crippen molar-refractivity contribution in [2.75, 3.05) is 18.0 Å². The third-order valence-electron chi connectivity index (χ3n) is 4.71. The van der Waals surface area contributed by atoms with Crippen LogP contribution in [0.15, 0.2) is 12.4 Å². The molecule has 1 aromatic heterocycles. The summed E-state index contributed by atoms with van der Waals surface area (Å²) in [4.78, 5) is 11.2. The molecule has 2 heterocycles. The van der Waals surface area contributed by atoms with Crippen LogP contribution in [0.2, 0.25) is 0 Å². The zero-order valence-corrected chi connectivity index (χ0v) is 10.9. The number of nitrogens with zero attached hydrogens (tertiary/aromatic N) is 3. The van der Waals surface area contributed by atoms with Gasteiger partial charge in [-0.15, -0.1) is 0 Å². The van der Waals surface area contributed by atoms with E-state index < -0.39 is 0 Å². The summed E-state index contributed by atoms with van der Waals surface area (Å²) in [6.07, 6.45) is 12.1. The molecule has 4 heteroatoms. The summed E-state index contributed by atoms with van der Waals surface area (Å²) < 4.78 is 0. The van der Waals surface area contributed by atoms with Crippen LogP contribution >= 0.6 is 0 Å². The van der Waals surface area contributed by atoms with Gasteiger partial charge in [-0.1, -0.05) is 12.8 Å². The molecule has 2 aliphatic rings. The van der Waals surface area contributed by atoms with Crippen LogP contribution < -0.4 is 10.6 Å². The Balaban J connectivity index is 1.64. The van der Waals surface area contributed by atoms with E-state index in [9.17, 15) is 0 Å². The minimum absolute atomic E-state index is 0.469. The molecule has 0 atom stereocenters. The first-order chi connectivity index (χ1) is 8.81. The molecule has 0 aromatic carbocycles. The quantitative estimate of drug-likeness (QED) is 0.868. The number of piperidine rings is 1. The number of anilines is 1. The van der Waals surface area contributed by atoms with E-state index in [1.165, 1.54) is 38.5 Å². The third kappa shape index (κ3) is 2.21. The number of hydrogen-bond acceptors (Lipinski definition) is 4. The maximum Gasteiger partial charge on any atom is 0.147 e. The number of nitrogens with two attached hydrogens (primary N) is 1. The predicted molar refractivity (Wildman–Crippen MR) is 72.3 cm³/mol. The number of hydrogen-bond donors (Lipinski definition) is 1. The van der Waals surface area contributed by atoms with E-state index in [4.69, 9.17) is 5.73 Å². The first-order valence-corrected chi connectivity index (χ1v) is 7.07. The minimum Gasteiger partial charge on any atom is -0.355 e. The summed E-state index contributed by atoms with van der Waals surface area (Å²) >= 11 is 0. The Kier molecular flexibility index (Phi) is 3.20. The summed E-state index contributed by atoms with van der Waals surface area (Å²) in [7, 11) is 0. The highest BCUT2D eigenvalue weighted by molar-refractivity contribution is 5.36. The second kappa shape index (κ2) is 4.84. The van der Waals surface area contributed by atoms with Crippen molar-refractivity contribution < 1.29 is 0 Å². The van der Waals surface area contributed by atoms with Gasteiger partial charge in [-0.2, -0.15) is 0 Å². The lowest BCUT2D eigenvalue weighted by Gasteiger charge is -2.39. The van der Waals surface area contributed by atoms with E-state index in [-0.39, 0.29) is 0 Å². The zero-order chi connectivity index (χ0) is 12.4. The van der Waals surface area contributed by atoms with Crippen LogP contribution in [0.1, 0.15) is 44.2 Å². The van der Waals surface area contributed by atoms with Gasteiger partial charge in [0.05, 0.1) is 18.1 Å². The normalized spacial score (nSPS) is 22.6. The van der Waals surface area contributed by atoms with Gasteiger partial charge in [-0.05, 0) is 31.1 Å². The summed E-state index contributed by atoms with van der Waals surface area (Å²) in [6, 6.07) is 0. The smallest absolute Gasteiger partial charge is 0.147 e. The number of rotatable bonds is 2. The monoisotopic (exact) mass is 246 g/mol. The molecule has 0 amide bonds. The van der Waals surface area contributed by atoms with Gasteiger partial charge in [-0.25, -0.2) is 4.98 Å². The highest BCUT2D eigenvalue weighted by Crippen LogP contribution is 2.46. The lowest BCUT2D eigenvalue weighted by molar-refractivity contribution is 0.226. The van der Waals surface area contributed by atoms with Gasteiger partial charge in [-0.3, -0.25) is 4.98 Å². The average molecular weight is 246 g/mol. The molecular formula is C14H22N4. The highest BCUT2D eigenvalue weighted by atomic mass is 15.2. The minimum atomic E-state index is 0.469. The van der Waals surface area contributed by atoms with Crippen molar-refractivity contribution in [2.24, 2.45) is 11.1 Å². The lowest BCUT2D eigenvalue weighted by Crippen LogP contribution is -2.39. The average Bonchev–Trinajstić information content (AvgIpc) is 2.88. The maximum atomic E-state index is 5.54. The number of aromatic nitrogens is 2. The Morgan fingerprint density at radius 2 is 1.78 bits per heavy atom. The van der Waals surface area contributed by atoms with Crippen molar-refractivity contribution >= 4 is 5.82 Å². The molecule has 2 N–H and O–H groups in total. The molecule has 1 spiro atoms. The molecule has 1 saturated carbocycles. The van der Waals surface area contributed by atoms with Gasteiger partial charge in [0.1, 0.15) is 5.82 Å². The van der Waals surface area contributed by atoms with Gasteiger partial charge in [0.15, 0.2) is 0 Å². The van der Waals surface area contributed by atoms with Crippen LogP contribution in [0, 0.1) is 5.41 Å². The molecule has 98 valence electrons. The van der Waals surface area contributed by atoms with Crippen LogP contribution in [-0.2, 0) is 6.54 Å². The van der Waals surface area contributed by atoms with Crippen LogP contribution in [0.5, 0.6) is 0 Å². The van der Waals surface area contributed by atoms with E-state index in [0.29, 0.717) is 12.0 Å². The largest absolute Gasteiger partial charge is 0.355 e. The first-order valence-electron chi connectivity index (χ1n) is 7.07. The Morgan fingerprint density at radius 3 is 2.33 bits per heavy atom. The van der Waals surface area contributed by atoms with Crippen molar-refractivity contribution in [2.45, 2.75) is 45.1 Å². The van der Waals surface area contributed by atoms with Crippen LogP contribution in [0.3, 0.4) is 0 Å². The molecule has 0 radical (unpaired) electrons. The summed E-state index contributed by atoms with van der Waals surface area (Å²) in [5.41, 5.74) is 7.07. The topological polar surface area (TPSA) is 55.0 Å². The van der Waals surface area contributed by atoms with E-state index in [2.05, 4.69) is 14.9 Å². The van der Waals surface area contributed by atoms with Crippen molar-refractivity contribution in [3.8, 4) is 0 Å². The molecule has 1 aliphatic heterocycles. The van der Waals surface area contributed by atoms with Crippen LogP contribution in [-0.4, -0.2) is 23.1 Å². The summed E-state index contributed by atoms with van der Waals surface area (Å²) in [5, 5.41) is 0. The second-order valence-corrected chi connectivity index (χ2v) is 5.76. The fourth-order valence-electron chi connectivity index (χ4n) is 3.45. The van der Waals surface area contributed by atoms with E-state index in [1.54, 1.807) is 6.20 Å². The van der Waals surface area contributed by atoms with Gasteiger partial charge < -0.3 is 10.6 Å². The van der Waals surface area contributed by atoms with Crippen LogP contribution in [0.4, 0.5) is 5.82 Å². The van der Waals surface area contributed by atoms with E-state index in [1.807, 2.05) is 6.20 Å². The Bertz CT molecular complexity index is 385. The van der Waals surface area contributed by atoms with Crippen molar-refractivity contribution in [3.05, 3.63) is 18.1 Å². The fraction of sp³-hybridized carbons (Fsp3) is 0.714. The molecule has 0 unspecified atom stereocenters. The first kappa shape index (κ1) is 11.9. The summed E-state index contributed by atoms with van der Waals surface area (Å²) in [6.45, 7) is 2.74. The standard InChI is InChI=1S/C14H22N4/c15-9-12-10-17-13(11-16-12)18-7-5-14(6-8-18)3-1-2-4-14/h10-11H,1-9,15H2. The van der Waals surface area contributed by atoms with Crippen molar-refractivity contribution in [1.82, 2.24) is 9.97 Å². The lowest BCUT2D eigenvalue weighted by atomic mass is 9.77. The summed E-state index contributed by atoms with van der Waals surface area (Å²) in [5.74, 6) is 1.01. The van der Waals surface area contributed by atoms with E-state index >= 15 is 0 Å². The van der Waals surface area contributed by atoms with Crippen molar-refractivity contribution in [3.63, 3.8) is 0 Å². The third-order valence-corrected chi connectivity index (χ3v) is 4.71. The van der Waals surface area contributed by atoms with Gasteiger partial charge in [0.2, 0.25) is 0 Å². The molecule has 4 nitrogen and oxygen atoms in total. The van der Waals surface area contributed by atoms with Crippen molar-refractivity contribution in [1.29, 1.82) is 0 Å². The molecule has 0 bridgehead atoms. The van der Waals surface area contributed by atoms with Crippen LogP contribution in [0.25, 0.3) is 0 Å². The molecule has 18 heavy (non-hydrogen) atoms. The molecule has 1 aromatic rings. The Hall–Kier alpha value is -1.16. The molecular weight excluding hydrogens is 224 g/mol. The molecule has 2 fully saturated rings. The van der Waals surface area contributed by atoms with Gasteiger partial charge in [0, 0.05) is 19.6 Å². The van der Waals surface area contributed by atoms with Gasteiger partial charge >= 0.3 is 0 Å². The highest BCUT2D eigenvalue weighted by Gasteiger charge is 2.37. The molecule has 1 saturated heterocycles. The molecule has 3 rings (SSSR count). The van der Waals surface area contributed by atoms with Gasteiger partial charge in [0.25, 0.3) is 0 Å². The Labute approximate surface area is 109 Å². The SMILES string of the molecule is NCc1cnc(N2CCC3(CCCC3)CC2)cn1. The fourth-order valence-corrected chi connectivity index (χ4v) is 3.45.